The zero-order chi connectivity index (χ0) is 23.2. The molecule has 0 amide bonds. The van der Waals surface area contributed by atoms with Gasteiger partial charge in [-0.05, 0) is 18.2 Å². The van der Waals surface area contributed by atoms with E-state index in [9.17, 15) is 65.9 Å². The van der Waals surface area contributed by atoms with Gasteiger partial charge >= 0.3 is 30.9 Å². The molecule has 16 heteroatoms. The highest BCUT2D eigenvalue weighted by atomic mass is 19.4. The van der Waals surface area contributed by atoms with Crippen LogP contribution in [0.15, 0.2) is 18.2 Å². The number of alkyl halides is 15. The number of rotatable bonds is 3. The van der Waals surface area contributed by atoms with Crippen LogP contribution in [0.25, 0.3) is 0 Å². The van der Waals surface area contributed by atoms with Crippen LogP contribution in [0.4, 0.5) is 65.9 Å². The van der Waals surface area contributed by atoms with Crippen molar-refractivity contribution < 1.29 is 70.6 Å². The molecule has 0 radical (unpaired) electrons. The standard InChI is InChI=1S/C13H5F15O/c14-9(15,16)4-1-5(10(17,18)19)3-6(2-4)29-8(13(26,27)28)7(11(20,21)22)12(23,24)25/h1-3,7-8H. The monoisotopic (exact) mass is 462 g/mol. The number of halogens is 15. The fraction of sp³-hybridized carbons (Fsp3) is 0.538. The van der Waals surface area contributed by atoms with Crippen LogP contribution in [0.5, 0.6) is 5.75 Å². The Balaban J connectivity index is 3.62. The van der Waals surface area contributed by atoms with E-state index in [-0.39, 0.29) is 0 Å². The molecular weight excluding hydrogens is 457 g/mol. The summed E-state index contributed by atoms with van der Waals surface area (Å²) < 4.78 is 193. The molecule has 0 saturated carbocycles. The van der Waals surface area contributed by atoms with Gasteiger partial charge in [-0.3, -0.25) is 0 Å². The molecule has 1 aromatic rings. The van der Waals surface area contributed by atoms with E-state index in [1.807, 2.05) is 0 Å². The molecular formula is C13H5F15O. The van der Waals surface area contributed by atoms with Crippen LogP contribution in [0.2, 0.25) is 0 Å². The second-order valence-corrected chi connectivity index (χ2v) is 5.38. The molecule has 168 valence electrons. The molecule has 29 heavy (non-hydrogen) atoms. The Morgan fingerprint density at radius 1 is 0.517 bits per heavy atom. The maximum absolute atomic E-state index is 12.8. The van der Waals surface area contributed by atoms with Crippen LogP contribution in [-0.4, -0.2) is 24.6 Å². The molecule has 0 fully saturated rings. The number of benzene rings is 1. The molecule has 0 N–H and O–H groups in total. The average Bonchev–Trinajstić information content (AvgIpc) is 2.40. The maximum Gasteiger partial charge on any atom is 0.426 e. The fourth-order valence-electron chi connectivity index (χ4n) is 1.99. The molecule has 0 aliphatic heterocycles. The SMILES string of the molecule is FC(F)(F)c1cc(OC(C(C(F)(F)F)C(F)(F)F)C(F)(F)F)cc(C(F)(F)F)c1. The van der Waals surface area contributed by atoms with Gasteiger partial charge in [-0.25, -0.2) is 0 Å². The highest BCUT2D eigenvalue weighted by molar-refractivity contribution is 5.37. The number of hydrogen-bond donors (Lipinski definition) is 0. The van der Waals surface area contributed by atoms with E-state index in [4.69, 9.17) is 0 Å². The van der Waals surface area contributed by atoms with Gasteiger partial charge in [0.15, 0.2) is 5.92 Å². The lowest BCUT2D eigenvalue weighted by Crippen LogP contribution is -2.53. The fourth-order valence-corrected chi connectivity index (χ4v) is 1.99. The van der Waals surface area contributed by atoms with E-state index in [0.717, 1.165) is 0 Å². The van der Waals surface area contributed by atoms with Gasteiger partial charge in [0, 0.05) is 0 Å². The van der Waals surface area contributed by atoms with Crippen molar-refractivity contribution in [2.75, 3.05) is 0 Å². The molecule has 0 bridgehead atoms. The summed E-state index contributed by atoms with van der Waals surface area (Å²) in [5, 5.41) is 0. The third-order valence-electron chi connectivity index (χ3n) is 3.15. The summed E-state index contributed by atoms with van der Waals surface area (Å²) in [5.74, 6) is -7.42. The van der Waals surface area contributed by atoms with Gasteiger partial charge in [0.1, 0.15) is 5.75 Å². The van der Waals surface area contributed by atoms with Crippen molar-refractivity contribution in [1.29, 1.82) is 0 Å². The Morgan fingerprint density at radius 2 is 0.862 bits per heavy atom. The molecule has 0 heterocycles. The van der Waals surface area contributed by atoms with Gasteiger partial charge in [0.05, 0.1) is 11.1 Å². The first-order valence-corrected chi connectivity index (χ1v) is 6.71. The number of hydrogen-bond acceptors (Lipinski definition) is 1. The van der Waals surface area contributed by atoms with Gasteiger partial charge < -0.3 is 4.74 Å². The molecule has 1 aromatic carbocycles. The number of ether oxygens (including phenoxy) is 1. The van der Waals surface area contributed by atoms with Gasteiger partial charge in [-0.15, -0.1) is 0 Å². The predicted octanol–water partition coefficient (Wildman–Crippen LogP) is 6.77. The molecule has 1 unspecified atom stereocenters. The Kier molecular flexibility index (Phi) is 6.33. The summed E-state index contributed by atoms with van der Waals surface area (Å²) in [5.41, 5.74) is -4.61. The van der Waals surface area contributed by atoms with Crippen LogP contribution >= 0.6 is 0 Å². The Hall–Kier alpha value is -2.03. The minimum absolute atomic E-state index is 0.586. The maximum atomic E-state index is 12.8. The van der Waals surface area contributed by atoms with Crippen molar-refractivity contribution in [3.05, 3.63) is 29.3 Å². The smallest absolute Gasteiger partial charge is 0.426 e. The van der Waals surface area contributed by atoms with E-state index in [2.05, 4.69) is 4.74 Å². The molecule has 0 saturated heterocycles. The van der Waals surface area contributed by atoms with Crippen molar-refractivity contribution in [2.45, 2.75) is 37.0 Å². The van der Waals surface area contributed by atoms with E-state index in [1.54, 1.807) is 0 Å². The van der Waals surface area contributed by atoms with E-state index < -0.39 is 78.0 Å². The lowest BCUT2D eigenvalue weighted by molar-refractivity contribution is -0.340. The highest BCUT2D eigenvalue weighted by Gasteiger charge is 2.68. The molecule has 0 spiro atoms. The van der Waals surface area contributed by atoms with Crippen molar-refractivity contribution in [1.82, 2.24) is 0 Å². The first-order valence-electron chi connectivity index (χ1n) is 6.71. The van der Waals surface area contributed by atoms with Crippen molar-refractivity contribution in [2.24, 2.45) is 5.92 Å². The van der Waals surface area contributed by atoms with Gasteiger partial charge in [-0.1, -0.05) is 0 Å². The molecule has 0 aliphatic carbocycles. The summed E-state index contributed by atoms with van der Waals surface area (Å²) in [6.45, 7) is 0. The van der Waals surface area contributed by atoms with Gasteiger partial charge in [0.2, 0.25) is 6.10 Å². The minimum Gasteiger partial charge on any atom is -0.480 e. The van der Waals surface area contributed by atoms with Gasteiger partial charge in [0.25, 0.3) is 0 Å². The summed E-state index contributed by atoms with van der Waals surface area (Å²) in [4.78, 5) is 0. The van der Waals surface area contributed by atoms with Gasteiger partial charge in [-0.2, -0.15) is 65.9 Å². The zero-order valence-corrected chi connectivity index (χ0v) is 13.0. The van der Waals surface area contributed by atoms with Crippen LogP contribution in [-0.2, 0) is 12.4 Å². The van der Waals surface area contributed by atoms with Crippen LogP contribution in [0, 0.1) is 5.92 Å². The van der Waals surface area contributed by atoms with Crippen molar-refractivity contribution >= 4 is 0 Å². The third-order valence-corrected chi connectivity index (χ3v) is 3.15. The molecule has 0 aromatic heterocycles. The van der Waals surface area contributed by atoms with Crippen molar-refractivity contribution in [3.63, 3.8) is 0 Å². The lowest BCUT2D eigenvalue weighted by Gasteiger charge is -2.32. The summed E-state index contributed by atoms with van der Waals surface area (Å²) in [6, 6.07) is -1.78. The first-order chi connectivity index (χ1) is 12.5. The summed E-state index contributed by atoms with van der Waals surface area (Å²) >= 11 is 0. The van der Waals surface area contributed by atoms with Crippen molar-refractivity contribution in [3.8, 4) is 5.75 Å². The second kappa shape index (κ2) is 7.34. The molecule has 0 aliphatic rings. The van der Waals surface area contributed by atoms with E-state index >= 15 is 0 Å². The summed E-state index contributed by atoms with van der Waals surface area (Å²) in [6.07, 6.45) is -35.9. The van der Waals surface area contributed by atoms with Crippen LogP contribution in [0.3, 0.4) is 0 Å². The lowest BCUT2D eigenvalue weighted by atomic mass is 10.00. The largest absolute Gasteiger partial charge is 0.480 e. The topological polar surface area (TPSA) is 9.23 Å². The predicted molar refractivity (Wildman–Crippen MR) is 62.5 cm³/mol. The molecule has 1 atom stereocenters. The summed E-state index contributed by atoms with van der Waals surface area (Å²) in [7, 11) is 0. The zero-order valence-electron chi connectivity index (χ0n) is 13.0. The van der Waals surface area contributed by atoms with E-state index in [0.29, 0.717) is 0 Å². The molecule has 1 rings (SSSR count). The van der Waals surface area contributed by atoms with E-state index in [1.165, 1.54) is 0 Å². The average molecular weight is 462 g/mol. The first kappa shape index (κ1) is 25.0. The quantitative estimate of drug-likeness (QED) is 0.451. The second-order valence-electron chi connectivity index (χ2n) is 5.38. The Bertz CT molecular complexity index is 657. The normalized spacial score (nSPS) is 15.6. The third kappa shape index (κ3) is 6.48. The van der Waals surface area contributed by atoms with Crippen LogP contribution < -0.4 is 4.74 Å². The Labute approximate surface area is 150 Å². The molecule has 1 nitrogen and oxygen atoms in total. The Morgan fingerprint density at radius 3 is 1.10 bits per heavy atom. The minimum atomic E-state index is -6.65. The highest BCUT2D eigenvalue weighted by Crippen LogP contribution is 2.47. The van der Waals surface area contributed by atoms with Crippen LogP contribution in [0.1, 0.15) is 11.1 Å².